The van der Waals surface area contributed by atoms with E-state index in [1.165, 1.54) is 0 Å². The lowest BCUT2D eigenvalue weighted by molar-refractivity contribution is -0.136. The van der Waals surface area contributed by atoms with E-state index < -0.39 is 29.7 Å². The summed E-state index contributed by atoms with van der Waals surface area (Å²) in [6.45, 7) is 2.92. The summed E-state index contributed by atoms with van der Waals surface area (Å²) in [4.78, 5) is 50.4. The molecular formula is C22H29N3O7. The Labute approximate surface area is 186 Å². The molecule has 10 nitrogen and oxygen atoms in total. The fourth-order valence-corrected chi connectivity index (χ4v) is 3.69. The number of nitrogens with one attached hydrogen (secondary N) is 2. The molecule has 0 radical (unpaired) electrons. The van der Waals surface area contributed by atoms with Crippen molar-refractivity contribution in [1.29, 1.82) is 0 Å². The minimum atomic E-state index is -0.978. The second-order valence-electron chi connectivity index (χ2n) is 7.61. The summed E-state index contributed by atoms with van der Waals surface area (Å²) in [6, 6.07) is 4.00. The highest BCUT2D eigenvalue weighted by Crippen LogP contribution is 2.32. The molecule has 10 heteroatoms. The lowest BCUT2D eigenvalue weighted by atomic mass is 10.0. The number of fused-ring (bicyclic) bond motifs is 1. The highest BCUT2D eigenvalue weighted by atomic mass is 16.5. The van der Waals surface area contributed by atoms with Gasteiger partial charge in [0.15, 0.2) is 0 Å². The molecule has 2 aliphatic heterocycles. The van der Waals surface area contributed by atoms with Gasteiger partial charge in [-0.2, -0.15) is 0 Å². The van der Waals surface area contributed by atoms with Gasteiger partial charge >= 0.3 is 0 Å². The van der Waals surface area contributed by atoms with Crippen molar-refractivity contribution in [3.05, 3.63) is 29.3 Å². The number of imide groups is 2. The Morgan fingerprint density at radius 2 is 1.72 bits per heavy atom. The maximum absolute atomic E-state index is 13.0. The minimum absolute atomic E-state index is 0.0870. The van der Waals surface area contributed by atoms with Crippen LogP contribution < -0.4 is 10.6 Å². The van der Waals surface area contributed by atoms with Crippen molar-refractivity contribution in [2.75, 3.05) is 44.9 Å². The largest absolute Gasteiger partial charge is 0.396 e. The van der Waals surface area contributed by atoms with E-state index in [9.17, 15) is 19.2 Å². The van der Waals surface area contributed by atoms with Crippen molar-refractivity contribution < 1.29 is 33.8 Å². The second-order valence-corrected chi connectivity index (χ2v) is 7.61. The third kappa shape index (κ3) is 5.70. The van der Waals surface area contributed by atoms with E-state index >= 15 is 0 Å². The van der Waals surface area contributed by atoms with Gasteiger partial charge in [-0.3, -0.25) is 29.4 Å². The highest BCUT2D eigenvalue weighted by molar-refractivity contribution is 6.25. The normalized spacial score (nSPS) is 18.2. The number of benzene rings is 1. The molecule has 3 N–H and O–H groups in total. The molecule has 174 valence electrons. The SMILES string of the molecule is O=C1CCC(N2C(=O)c3cccc(NCCCOCCCOCCCO)c3C2=O)C(=O)N1. The topological polar surface area (TPSA) is 134 Å². The second kappa shape index (κ2) is 11.7. The van der Waals surface area contributed by atoms with E-state index in [2.05, 4.69) is 10.6 Å². The van der Waals surface area contributed by atoms with E-state index in [1.54, 1.807) is 18.2 Å². The molecule has 2 heterocycles. The zero-order valence-corrected chi connectivity index (χ0v) is 17.9. The van der Waals surface area contributed by atoms with Crippen molar-refractivity contribution in [1.82, 2.24) is 10.2 Å². The zero-order chi connectivity index (χ0) is 22.9. The van der Waals surface area contributed by atoms with Gasteiger partial charge in [0.2, 0.25) is 11.8 Å². The monoisotopic (exact) mass is 447 g/mol. The lowest BCUT2D eigenvalue weighted by Crippen LogP contribution is -2.54. The molecule has 1 aromatic rings. The molecule has 0 bridgehead atoms. The van der Waals surface area contributed by atoms with E-state index in [4.69, 9.17) is 14.6 Å². The average Bonchev–Trinajstić information content (AvgIpc) is 3.03. The smallest absolute Gasteiger partial charge is 0.264 e. The summed E-state index contributed by atoms with van der Waals surface area (Å²) in [6.07, 6.45) is 2.33. The van der Waals surface area contributed by atoms with Gasteiger partial charge in [-0.25, -0.2) is 0 Å². The number of aliphatic hydroxyl groups excluding tert-OH is 1. The number of carbonyl (C=O) groups is 4. The van der Waals surface area contributed by atoms with Crippen LogP contribution in [0.4, 0.5) is 5.69 Å². The molecule has 32 heavy (non-hydrogen) atoms. The third-order valence-electron chi connectivity index (χ3n) is 5.27. The van der Waals surface area contributed by atoms with Gasteiger partial charge in [-0.15, -0.1) is 0 Å². The number of aliphatic hydroxyl groups is 1. The summed E-state index contributed by atoms with van der Waals surface area (Å²) in [5, 5.41) is 14.0. The third-order valence-corrected chi connectivity index (χ3v) is 5.27. The van der Waals surface area contributed by atoms with Gasteiger partial charge in [-0.05, 0) is 37.8 Å². The van der Waals surface area contributed by atoms with E-state index in [0.717, 1.165) is 11.3 Å². The first-order chi connectivity index (χ1) is 15.5. The molecule has 1 saturated heterocycles. The Morgan fingerprint density at radius 3 is 2.44 bits per heavy atom. The van der Waals surface area contributed by atoms with Crippen LogP contribution in [0.15, 0.2) is 18.2 Å². The average molecular weight is 447 g/mol. The molecule has 1 aromatic carbocycles. The number of carbonyl (C=O) groups excluding carboxylic acids is 4. The van der Waals surface area contributed by atoms with Gasteiger partial charge in [-0.1, -0.05) is 6.07 Å². The Bertz CT molecular complexity index is 858. The Morgan fingerprint density at radius 1 is 1.00 bits per heavy atom. The minimum Gasteiger partial charge on any atom is -0.396 e. The standard InChI is InChI=1S/C22H29N3O7/c26-10-3-12-32-14-4-13-31-11-2-9-23-16-6-1-5-15-19(16)22(30)25(21(15)29)17-7-8-18(27)24-20(17)28/h1,5-6,17,23,26H,2-4,7-14H2,(H,24,27,28). The summed E-state index contributed by atoms with van der Waals surface area (Å²) >= 11 is 0. The van der Waals surface area contributed by atoms with Crippen LogP contribution in [0, 0.1) is 0 Å². The van der Waals surface area contributed by atoms with Crippen molar-refractivity contribution >= 4 is 29.3 Å². The molecule has 2 aliphatic rings. The molecule has 1 unspecified atom stereocenters. The Kier molecular flexibility index (Phi) is 8.72. The quantitative estimate of drug-likeness (QED) is 0.297. The maximum Gasteiger partial charge on any atom is 0.264 e. The summed E-state index contributed by atoms with van der Waals surface area (Å²) < 4.78 is 10.9. The van der Waals surface area contributed by atoms with Crippen LogP contribution in [0.25, 0.3) is 0 Å². The molecule has 0 spiro atoms. The van der Waals surface area contributed by atoms with Crippen molar-refractivity contribution in [2.45, 2.75) is 38.1 Å². The molecule has 3 rings (SSSR count). The number of hydrogen-bond donors (Lipinski definition) is 3. The number of ether oxygens (including phenoxy) is 2. The maximum atomic E-state index is 13.0. The molecule has 4 amide bonds. The van der Waals surface area contributed by atoms with Crippen LogP contribution in [0.1, 0.15) is 52.8 Å². The van der Waals surface area contributed by atoms with E-state index in [-0.39, 0.29) is 30.6 Å². The number of rotatable bonds is 13. The molecular weight excluding hydrogens is 418 g/mol. The predicted octanol–water partition coefficient (Wildman–Crippen LogP) is 0.696. The molecule has 0 saturated carbocycles. The first-order valence-corrected chi connectivity index (χ1v) is 10.9. The van der Waals surface area contributed by atoms with Crippen molar-refractivity contribution in [3.8, 4) is 0 Å². The number of hydrogen-bond acceptors (Lipinski definition) is 8. The number of piperidine rings is 1. The number of amides is 4. The first-order valence-electron chi connectivity index (χ1n) is 10.9. The molecule has 1 fully saturated rings. The fourth-order valence-electron chi connectivity index (χ4n) is 3.69. The van der Waals surface area contributed by atoms with Gasteiger partial charge in [0.1, 0.15) is 6.04 Å². The number of nitrogens with zero attached hydrogens (tertiary/aromatic N) is 1. The van der Waals surface area contributed by atoms with Crippen LogP contribution in [0.3, 0.4) is 0 Å². The molecule has 0 aromatic heterocycles. The van der Waals surface area contributed by atoms with Crippen LogP contribution >= 0.6 is 0 Å². The van der Waals surface area contributed by atoms with Crippen molar-refractivity contribution in [2.24, 2.45) is 0 Å². The van der Waals surface area contributed by atoms with E-state index in [1.807, 2.05) is 0 Å². The summed E-state index contributed by atoms with van der Waals surface area (Å²) in [7, 11) is 0. The summed E-state index contributed by atoms with van der Waals surface area (Å²) in [5.41, 5.74) is 1.04. The van der Waals surface area contributed by atoms with Crippen LogP contribution in [0.2, 0.25) is 0 Å². The summed E-state index contributed by atoms with van der Waals surface area (Å²) in [5.74, 6) is -2.07. The van der Waals surface area contributed by atoms with Crippen LogP contribution in [-0.2, 0) is 19.1 Å². The van der Waals surface area contributed by atoms with E-state index in [0.29, 0.717) is 51.5 Å². The zero-order valence-electron chi connectivity index (χ0n) is 17.9. The van der Waals surface area contributed by atoms with Crippen LogP contribution in [-0.4, -0.2) is 79.3 Å². The first kappa shape index (κ1) is 23.8. The van der Waals surface area contributed by atoms with Gasteiger partial charge in [0.05, 0.1) is 11.1 Å². The van der Waals surface area contributed by atoms with Gasteiger partial charge < -0.3 is 19.9 Å². The number of anilines is 1. The lowest BCUT2D eigenvalue weighted by Gasteiger charge is -2.27. The highest BCUT2D eigenvalue weighted by Gasteiger charge is 2.45. The van der Waals surface area contributed by atoms with Gasteiger partial charge in [0.25, 0.3) is 11.8 Å². The predicted molar refractivity (Wildman–Crippen MR) is 114 cm³/mol. The van der Waals surface area contributed by atoms with Crippen LogP contribution in [0.5, 0.6) is 0 Å². The van der Waals surface area contributed by atoms with Crippen molar-refractivity contribution in [3.63, 3.8) is 0 Å². The van der Waals surface area contributed by atoms with Gasteiger partial charge in [0, 0.05) is 51.7 Å². The molecule has 0 aliphatic carbocycles. The molecule has 1 atom stereocenters. The fraction of sp³-hybridized carbons (Fsp3) is 0.545. The Balaban J connectivity index is 1.47. The Hall–Kier alpha value is -2.82.